The Labute approximate surface area is 168 Å². The van der Waals surface area contributed by atoms with Crippen molar-refractivity contribution in [2.75, 3.05) is 13.2 Å². The molecule has 1 aromatic carbocycles. The van der Waals surface area contributed by atoms with Crippen molar-refractivity contribution in [3.05, 3.63) is 46.7 Å². The minimum Gasteiger partial charge on any atom is -0.463 e. The Hall–Kier alpha value is -3.36. The maximum atomic E-state index is 13.1. The third kappa shape index (κ3) is 3.67. The molecule has 5 amide bonds. The van der Waals surface area contributed by atoms with Gasteiger partial charge in [-0.2, -0.15) is 0 Å². The van der Waals surface area contributed by atoms with E-state index in [2.05, 4.69) is 16.0 Å². The normalized spacial score (nSPS) is 24.2. The number of hydrogen-bond donors (Lipinski definition) is 3. The summed E-state index contributed by atoms with van der Waals surface area (Å²) < 4.78 is 5.06. The van der Waals surface area contributed by atoms with Crippen LogP contribution in [0.2, 0.25) is 0 Å². The van der Waals surface area contributed by atoms with Crippen LogP contribution < -0.4 is 16.0 Å². The van der Waals surface area contributed by atoms with Crippen LogP contribution in [-0.4, -0.2) is 48.0 Å². The Bertz CT molecular complexity index is 908. The van der Waals surface area contributed by atoms with Gasteiger partial charge in [0.05, 0.1) is 30.5 Å². The molecule has 0 aliphatic carbocycles. The van der Waals surface area contributed by atoms with Crippen LogP contribution in [0.5, 0.6) is 0 Å². The number of imide groups is 1. The Kier molecular flexibility index (Phi) is 5.32. The van der Waals surface area contributed by atoms with E-state index in [1.165, 1.54) is 0 Å². The van der Waals surface area contributed by atoms with E-state index in [1.807, 2.05) is 19.1 Å². The van der Waals surface area contributed by atoms with Crippen molar-refractivity contribution >= 4 is 23.9 Å². The molecule has 1 aromatic rings. The standard InChI is InChI=1S/C20H24N4O5/c1-5-29-16(25)15-12(3)21-18(27)22-14(15)10-24-17(26)20(4,23-19(24)28)13-8-6-11(2)7-9-13/h6-9,12H,5,10H2,1-4H3,(H,23,28)(H2,21,22,27)/t12-,20-/m1/s1. The van der Waals surface area contributed by atoms with Gasteiger partial charge in [-0.15, -0.1) is 0 Å². The van der Waals surface area contributed by atoms with Gasteiger partial charge in [0.2, 0.25) is 0 Å². The zero-order valence-electron chi connectivity index (χ0n) is 16.8. The molecule has 2 aliphatic heterocycles. The first-order chi connectivity index (χ1) is 13.7. The van der Waals surface area contributed by atoms with Crippen LogP contribution in [0.1, 0.15) is 31.9 Å². The highest BCUT2D eigenvalue weighted by atomic mass is 16.5. The minimum atomic E-state index is -1.24. The van der Waals surface area contributed by atoms with Crippen molar-refractivity contribution in [3.8, 4) is 0 Å². The largest absolute Gasteiger partial charge is 0.463 e. The van der Waals surface area contributed by atoms with Crippen molar-refractivity contribution in [1.82, 2.24) is 20.9 Å². The summed E-state index contributed by atoms with van der Waals surface area (Å²) in [5.41, 5.74) is 0.776. The molecule has 3 N–H and O–H groups in total. The van der Waals surface area contributed by atoms with Gasteiger partial charge in [0.25, 0.3) is 5.91 Å². The molecule has 0 spiro atoms. The molecule has 0 unspecified atom stereocenters. The van der Waals surface area contributed by atoms with Gasteiger partial charge in [0, 0.05) is 0 Å². The number of carbonyl (C=O) groups is 4. The summed E-state index contributed by atoms with van der Waals surface area (Å²) in [4.78, 5) is 51.0. The Morgan fingerprint density at radius 2 is 1.86 bits per heavy atom. The number of nitrogens with zero attached hydrogens (tertiary/aromatic N) is 1. The fourth-order valence-corrected chi connectivity index (χ4v) is 3.49. The van der Waals surface area contributed by atoms with Crippen molar-refractivity contribution in [1.29, 1.82) is 0 Å². The molecule has 9 heteroatoms. The molecule has 1 fully saturated rings. The summed E-state index contributed by atoms with van der Waals surface area (Å²) in [6, 6.07) is 5.55. The molecule has 0 saturated carbocycles. The highest BCUT2D eigenvalue weighted by molar-refractivity contribution is 6.07. The SMILES string of the molecule is CCOC(=O)C1=C(CN2C(=O)N[C@](C)(c3ccc(C)cc3)C2=O)NC(=O)N[C@@H]1C. The summed E-state index contributed by atoms with van der Waals surface area (Å²) in [7, 11) is 0. The third-order valence-electron chi connectivity index (χ3n) is 5.09. The number of urea groups is 2. The summed E-state index contributed by atoms with van der Waals surface area (Å²) in [6.07, 6.45) is 0. The van der Waals surface area contributed by atoms with Crippen molar-refractivity contribution in [2.24, 2.45) is 0 Å². The summed E-state index contributed by atoms with van der Waals surface area (Å²) in [5.74, 6) is -1.08. The number of hydrogen-bond acceptors (Lipinski definition) is 5. The molecule has 0 aromatic heterocycles. The summed E-state index contributed by atoms with van der Waals surface area (Å²) >= 11 is 0. The van der Waals surface area contributed by atoms with Crippen LogP contribution in [0.4, 0.5) is 9.59 Å². The van der Waals surface area contributed by atoms with E-state index in [-0.39, 0.29) is 24.4 Å². The van der Waals surface area contributed by atoms with Gasteiger partial charge in [0.15, 0.2) is 0 Å². The van der Waals surface area contributed by atoms with E-state index in [9.17, 15) is 19.2 Å². The molecule has 0 bridgehead atoms. The maximum Gasteiger partial charge on any atom is 0.337 e. The highest BCUT2D eigenvalue weighted by Crippen LogP contribution is 2.30. The van der Waals surface area contributed by atoms with Crippen LogP contribution in [0, 0.1) is 6.92 Å². The molecular formula is C20H24N4O5. The number of rotatable bonds is 5. The Morgan fingerprint density at radius 1 is 1.21 bits per heavy atom. The van der Waals surface area contributed by atoms with Crippen LogP contribution in [-0.2, 0) is 19.9 Å². The molecule has 2 aliphatic rings. The lowest BCUT2D eigenvalue weighted by atomic mass is 9.91. The van der Waals surface area contributed by atoms with Crippen molar-refractivity contribution in [3.63, 3.8) is 0 Å². The third-order valence-corrected chi connectivity index (χ3v) is 5.09. The van der Waals surface area contributed by atoms with Gasteiger partial charge >= 0.3 is 18.0 Å². The monoisotopic (exact) mass is 400 g/mol. The highest BCUT2D eigenvalue weighted by Gasteiger charge is 2.49. The topological polar surface area (TPSA) is 117 Å². The van der Waals surface area contributed by atoms with Gasteiger partial charge in [-0.05, 0) is 33.3 Å². The zero-order valence-corrected chi connectivity index (χ0v) is 16.8. The number of amides is 5. The van der Waals surface area contributed by atoms with E-state index < -0.39 is 35.5 Å². The number of benzene rings is 1. The van der Waals surface area contributed by atoms with Crippen molar-refractivity contribution in [2.45, 2.75) is 39.3 Å². The number of esters is 1. The number of nitrogens with one attached hydrogen (secondary N) is 3. The van der Waals surface area contributed by atoms with Crippen LogP contribution in [0.25, 0.3) is 0 Å². The van der Waals surface area contributed by atoms with E-state index in [0.29, 0.717) is 5.56 Å². The predicted octanol–water partition coefficient (Wildman–Crippen LogP) is 1.28. The molecule has 2 heterocycles. The fourth-order valence-electron chi connectivity index (χ4n) is 3.49. The van der Waals surface area contributed by atoms with Gasteiger partial charge in [-0.3, -0.25) is 9.69 Å². The average molecular weight is 400 g/mol. The molecule has 29 heavy (non-hydrogen) atoms. The number of carbonyl (C=O) groups excluding carboxylic acids is 4. The molecule has 2 atom stereocenters. The Morgan fingerprint density at radius 3 is 2.48 bits per heavy atom. The predicted molar refractivity (Wildman–Crippen MR) is 104 cm³/mol. The molecule has 0 radical (unpaired) electrons. The van der Waals surface area contributed by atoms with Crippen LogP contribution in [0.3, 0.4) is 0 Å². The van der Waals surface area contributed by atoms with Gasteiger partial charge in [-0.1, -0.05) is 29.8 Å². The quantitative estimate of drug-likeness (QED) is 0.509. The lowest BCUT2D eigenvalue weighted by molar-refractivity contribution is -0.139. The van der Waals surface area contributed by atoms with Gasteiger partial charge < -0.3 is 20.7 Å². The second-order valence-corrected chi connectivity index (χ2v) is 7.25. The fraction of sp³-hybridized carbons (Fsp3) is 0.400. The molecular weight excluding hydrogens is 376 g/mol. The van der Waals surface area contributed by atoms with Crippen LogP contribution >= 0.6 is 0 Å². The molecule has 3 rings (SSSR count). The minimum absolute atomic E-state index is 0.158. The zero-order chi connectivity index (χ0) is 21.3. The molecule has 154 valence electrons. The number of ether oxygens (including phenoxy) is 1. The second-order valence-electron chi connectivity index (χ2n) is 7.25. The second kappa shape index (κ2) is 7.57. The summed E-state index contributed by atoms with van der Waals surface area (Å²) in [6.45, 7) is 6.76. The Balaban J connectivity index is 1.93. The lowest BCUT2D eigenvalue weighted by Crippen LogP contribution is -2.52. The van der Waals surface area contributed by atoms with E-state index in [1.54, 1.807) is 32.9 Å². The maximum absolute atomic E-state index is 13.1. The van der Waals surface area contributed by atoms with E-state index in [4.69, 9.17) is 4.74 Å². The van der Waals surface area contributed by atoms with Crippen molar-refractivity contribution < 1.29 is 23.9 Å². The summed E-state index contributed by atoms with van der Waals surface area (Å²) in [5, 5.41) is 7.83. The van der Waals surface area contributed by atoms with Gasteiger partial charge in [0.1, 0.15) is 5.54 Å². The number of aryl methyl sites for hydroxylation is 1. The first-order valence-corrected chi connectivity index (χ1v) is 9.36. The smallest absolute Gasteiger partial charge is 0.337 e. The lowest BCUT2D eigenvalue weighted by Gasteiger charge is -2.28. The average Bonchev–Trinajstić information content (AvgIpc) is 2.86. The first-order valence-electron chi connectivity index (χ1n) is 9.36. The van der Waals surface area contributed by atoms with E-state index >= 15 is 0 Å². The molecule has 9 nitrogen and oxygen atoms in total. The van der Waals surface area contributed by atoms with E-state index in [0.717, 1.165) is 10.5 Å². The van der Waals surface area contributed by atoms with Crippen LogP contribution in [0.15, 0.2) is 35.5 Å². The molecule has 1 saturated heterocycles. The first kappa shape index (κ1) is 20.4. The van der Waals surface area contributed by atoms with Gasteiger partial charge in [-0.25, -0.2) is 14.4 Å².